The van der Waals surface area contributed by atoms with Gasteiger partial charge in [-0.3, -0.25) is 4.79 Å². The van der Waals surface area contributed by atoms with Gasteiger partial charge in [-0.1, -0.05) is 12.7 Å². The second-order valence-electron chi connectivity index (χ2n) is 2.16. The topological polar surface area (TPSA) is 75.6 Å². The fourth-order valence-corrected chi connectivity index (χ4v) is 0.475. The molecule has 0 heterocycles. The van der Waals surface area contributed by atoms with E-state index in [0.29, 0.717) is 6.42 Å². The maximum absolute atomic E-state index is 10.9. The molecule has 0 saturated heterocycles. The van der Waals surface area contributed by atoms with Crippen molar-refractivity contribution in [2.45, 2.75) is 6.42 Å². The Balaban J connectivity index is 3.80. The molecule has 0 unspecified atom stereocenters. The van der Waals surface area contributed by atoms with E-state index in [9.17, 15) is 9.59 Å². The number of hydrogen-bond acceptors (Lipinski definition) is 4. The van der Waals surface area contributed by atoms with Crippen LogP contribution in [0, 0.1) is 0 Å². The van der Waals surface area contributed by atoms with Gasteiger partial charge in [0.25, 0.3) is 5.91 Å². The maximum Gasteiger partial charge on any atom is 0.357 e. The molecule has 0 aromatic heterocycles. The lowest BCUT2D eigenvalue weighted by Gasteiger charge is -2.04. The Hall–Kier alpha value is -1.62. The summed E-state index contributed by atoms with van der Waals surface area (Å²) in [5.74, 6) is -1.54. The van der Waals surface area contributed by atoms with Gasteiger partial charge in [0, 0.05) is 5.57 Å². The number of aliphatic hydroxyl groups is 1. The average molecular weight is 185 g/mol. The summed E-state index contributed by atoms with van der Waals surface area (Å²) in [6.07, 6.45) is 1.80. The summed E-state index contributed by atoms with van der Waals surface area (Å²) in [6, 6.07) is 0. The van der Waals surface area contributed by atoms with Crippen molar-refractivity contribution in [1.29, 1.82) is 0 Å². The second-order valence-corrected chi connectivity index (χ2v) is 2.16. The molecule has 0 spiro atoms. The second kappa shape index (κ2) is 5.96. The number of amides is 1. The summed E-state index contributed by atoms with van der Waals surface area (Å²) in [6.45, 7) is 6.03. The lowest BCUT2D eigenvalue weighted by molar-refractivity contribution is -0.159. The van der Waals surface area contributed by atoms with Gasteiger partial charge < -0.3 is 9.94 Å². The molecular formula is C8H11NO4. The first kappa shape index (κ1) is 11.4. The highest BCUT2D eigenvalue weighted by Gasteiger charge is 2.07. The SMILES string of the molecule is C=CCC(=C)C(=O)NOC(=O)CO. The summed E-state index contributed by atoms with van der Waals surface area (Å²) in [7, 11) is 0. The molecule has 0 radical (unpaired) electrons. The summed E-state index contributed by atoms with van der Waals surface area (Å²) in [5, 5.41) is 8.23. The van der Waals surface area contributed by atoms with Gasteiger partial charge in [-0.05, 0) is 6.42 Å². The van der Waals surface area contributed by atoms with E-state index in [2.05, 4.69) is 18.0 Å². The Morgan fingerprint density at radius 2 is 2.15 bits per heavy atom. The number of hydrogen-bond donors (Lipinski definition) is 2. The number of nitrogens with one attached hydrogen (secondary N) is 1. The highest BCUT2D eigenvalue weighted by atomic mass is 16.7. The minimum absolute atomic E-state index is 0.223. The molecule has 5 nitrogen and oxygen atoms in total. The molecule has 72 valence electrons. The van der Waals surface area contributed by atoms with Gasteiger partial charge in [0.15, 0.2) is 0 Å². The zero-order valence-electron chi connectivity index (χ0n) is 7.08. The fraction of sp³-hybridized carbons (Fsp3) is 0.250. The van der Waals surface area contributed by atoms with Crippen LogP contribution in [0.4, 0.5) is 0 Å². The van der Waals surface area contributed by atoms with Gasteiger partial charge in [-0.15, -0.1) is 6.58 Å². The molecule has 0 aromatic rings. The predicted molar refractivity (Wildman–Crippen MR) is 45.3 cm³/mol. The first-order valence-electron chi connectivity index (χ1n) is 3.51. The first-order chi connectivity index (χ1) is 6.11. The molecule has 0 bridgehead atoms. The largest absolute Gasteiger partial charge is 0.385 e. The lowest BCUT2D eigenvalue weighted by atomic mass is 10.2. The van der Waals surface area contributed by atoms with Crippen LogP contribution in [0.15, 0.2) is 24.8 Å². The van der Waals surface area contributed by atoms with Crippen molar-refractivity contribution in [2.24, 2.45) is 0 Å². The van der Waals surface area contributed by atoms with Gasteiger partial charge >= 0.3 is 5.97 Å². The van der Waals surface area contributed by atoms with Crippen molar-refractivity contribution in [3.63, 3.8) is 0 Å². The van der Waals surface area contributed by atoms with Crippen LogP contribution in [0.3, 0.4) is 0 Å². The summed E-state index contributed by atoms with van der Waals surface area (Å²) < 4.78 is 0. The Bertz CT molecular complexity index is 234. The van der Waals surface area contributed by atoms with Gasteiger partial charge in [-0.25, -0.2) is 4.79 Å². The van der Waals surface area contributed by atoms with Crippen LogP contribution in [-0.2, 0) is 14.4 Å². The van der Waals surface area contributed by atoms with Crippen LogP contribution in [0.1, 0.15) is 6.42 Å². The average Bonchev–Trinajstić information content (AvgIpc) is 2.13. The Morgan fingerprint density at radius 3 is 2.62 bits per heavy atom. The quantitative estimate of drug-likeness (QED) is 0.357. The Labute approximate surface area is 75.6 Å². The maximum atomic E-state index is 10.9. The van der Waals surface area contributed by atoms with Gasteiger partial charge in [0.2, 0.25) is 0 Å². The number of carbonyl (C=O) groups excluding carboxylic acids is 2. The summed E-state index contributed by atoms with van der Waals surface area (Å²) >= 11 is 0. The minimum atomic E-state index is -0.931. The molecule has 0 saturated carbocycles. The highest BCUT2D eigenvalue weighted by Crippen LogP contribution is 1.97. The Morgan fingerprint density at radius 1 is 1.54 bits per heavy atom. The third-order valence-corrected chi connectivity index (χ3v) is 1.10. The third kappa shape index (κ3) is 4.76. The number of rotatable bonds is 4. The lowest BCUT2D eigenvalue weighted by Crippen LogP contribution is -2.29. The van der Waals surface area contributed by atoms with E-state index in [-0.39, 0.29) is 5.57 Å². The van der Waals surface area contributed by atoms with Gasteiger partial charge in [-0.2, -0.15) is 5.48 Å². The smallest absolute Gasteiger partial charge is 0.357 e. The van der Waals surface area contributed by atoms with Crippen LogP contribution in [0.25, 0.3) is 0 Å². The molecule has 5 heteroatoms. The van der Waals surface area contributed by atoms with Crippen molar-refractivity contribution in [3.05, 3.63) is 24.8 Å². The molecule has 13 heavy (non-hydrogen) atoms. The predicted octanol–water partition coefficient (Wildman–Crippen LogP) is -0.315. The number of hydroxylamine groups is 1. The minimum Gasteiger partial charge on any atom is -0.385 e. The van der Waals surface area contributed by atoms with Crippen molar-refractivity contribution >= 4 is 11.9 Å². The molecule has 0 aromatic carbocycles. The molecule has 0 aliphatic rings. The van der Waals surface area contributed by atoms with Crippen LogP contribution < -0.4 is 5.48 Å². The van der Waals surface area contributed by atoms with E-state index in [1.807, 2.05) is 5.48 Å². The summed E-state index contributed by atoms with van der Waals surface area (Å²) in [4.78, 5) is 25.4. The standard InChI is InChI=1S/C8H11NO4/c1-3-4-6(2)8(12)9-13-7(11)5-10/h3,10H,1-2,4-5H2,(H,9,12). The monoisotopic (exact) mass is 185 g/mol. The molecule has 0 atom stereocenters. The highest BCUT2D eigenvalue weighted by molar-refractivity contribution is 5.93. The molecule has 1 amide bonds. The summed E-state index contributed by atoms with van der Waals surface area (Å²) in [5.41, 5.74) is 2.05. The van der Waals surface area contributed by atoms with Gasteiger partial charge in [0.05, 0.1) is 0 Å². The molecule has 0 aliphatic carbocycles. The van der Waals surface area contributed by atoms with E-state index < -0.39 is 18.5 Å². The van der Waals surface area contributed by atoms with Crippen LogP contribution in [0.2, 0.25) is 0 Å². The normalized spacial score (nSPS) is 8.69. The van der Waals surface area contributed by atoms with Crippen molar-refractivity contribution in [2.75, 3.05) is 6.61 Å². The van der Waals surface area contributed by atoms with Crippen molar-refractivity contribution in [1.82, 2.24) is 5.48 Å². The molecule has 2 N–H and O–H groups in total. The number of allylic oxidation sites excluding steroid dienone is 1. The van der Waals surface area contributed by atoms with Crippen LogP contribution in [-0.4, -0.2) is 23.6 Å². The van der Waals surface area contributed by atoms with E-state index in [0.717, 1.165) is 0 Å². The first-order valence-corrected chi connectivity index (χ1v) is 3.51. The van der Waals surface area contributed by atoms with E-state index in [1.165, 1.54) is 6.08 Å². The number of aliphatic hydroxyl groups excluding tert-OH is 1. The van der Waals surface area contributed by atoms with Crippen LogP contribution in [0.5, 0.6) is 0 Å². The number of carbonyl (C=O) groups is 2. The fourth-order valence-electron chi connectivity index (χ4n) is 0.475. The Kier molecular flexibility index (Phi) is 5.22. The van der Waals surface area contributed by atoms with Crippen LogP contribution >= 0.6 is 0 Å². The van der Waals surface area contributed by atoms with Crippen molar-refractivity contribution < 1.29 is 19.5 Å². The molecule has 0 rings (SSSR count). The molecule has 0 fully saturated rings. The zero-order valence-corrected chi connectivity index (χ0v) is 7.08. The van der Waals surface area contributed by atoms with Crippen molar-refractivity contribution in [3.8, 4) is 0 Å². The van der Waals surface area contributed by atoms with E-state index >= 15 is 0 Å². The van der Waals surface area contributed by atoms with E-state index in [4.69, 9.17) is 5.11 Å². The third-order valence-electron chi connectivity index (χ3n) is 1.10. The molecular weight excluding hydrogens is 174 g/mol. The van der Waals surface area contributed by atoms with Gasteiger partial charge in [0.1, 0.15) is 6.61 Å². The zero-order chi connectivity index (χ0) is 10.3. The van der Waals surface area contributed by atoms with E-state index in [1.54, 1.807) is 0 Å². The molecule has 0 aliphatic heterocycles.